The average molecular weight is 154 g/mol. The lowest BCUT2D eigenvalue weighted by Crippen LogP contribution is -1.82. The predicted molar refractivity (Wildman–Crippen MR) is 33.1 cm³/mol. The molecule has 0 N–H and O–H groups in total. The van der Waals surface area contributed by atoms with Gasteiger partial charge in [0.1, 0.15) is 4.92 Å². The Hall–Kier alpha value is -1.94. The van der Waals surface area contributed by atoms with Crippen LogP contribution in [-0.2, 0) is 4.79 Å². The van der Waals surface area contributed by atoms with E-state index in [-0.39, 0.29) is 5.88 Å². The van der Waals surface area contributed by atoms with Gasteiger partial charge in [0.05, 0.1) is 6.07 Å². The van der Waals surface area contributed by atoms with Crippen LogP contribution in [0.4, 0.5) is 11.8 Å². The van der Waals surface area contributed by atoms with E-state index in [1.807, 2.05) is 0 Å². The summed E-state index contributed by atoms with van der Waals surface area (Å²) in [5.74, 6) is -0.564. The molecular formula is C5H2N2O4. The summed E-state index contributed by atoms with van der Waals surface area (Å²) in [6, 6.07) is 2.32. The van der Waals surface area contributed by atoms with Crippen LogP contribution in [-0.4, -0.2) is 11.0 Å². The van der Waals surface area contributed by atoms with Crippen molar-refractivity contribution >= 4 is 17.8 Å². The van der Waals surface area contributed by atoms with E-state index in [0.717, 1.165) is 6.07 Å². The van der Waals surface area contributed by atoms with Crippen LogP contribution < -0.4 is 0 Å². The Kier molecular flexibility index (Phi) is 1.80. The lowest BCUT2D eigenvalue weighted by atomic mass is 10.6. The summed E-state index contributed by atoms with van der Waals surface area (Å²) < 4.78 is 4.46. The summed E-state index contributed by atoms with van der Waals surface area (Å²) >= 11 is 0. The second kappa shape index (κ2) is 2.76. The van der Waals surface area contributed by atoms with Gasteiger partial charge < -0.3 is 4.42 Å². The van der Waals surface area contributed by atoms with Crippen molar-refractivity contribution in [3.63, 3.8) is 0 Å². The van der Waals surface area contributed by atoms with Crippen LogP contribution in [0, 0.1) is 10.1 Å². The molecule has 1 rings (SSSR count). The predicted octanol–water partition coefficient (Wildman–Crippen LogP) is 1.16. The third-order valence-electron chi connectivity index (χ3n) is 0.913. The number of isocyanates is 1. The average Bonchev–Trinajstić information content (AvgIpc) is 2.37. The highest BCUT2D eigenvalue weighted by Gasteiger charge is 2.10. The number of nitro groups is 1. The van der Waals surface area contributed by atoms with Gasteiger partial charge in [-0.15, -0.1) is 4.99 Å². The summed E-state index contributed by atoms with van der Waals surface area (Å²) in [5, 5.41) is 9.99. The van der Waals surface area contributed by atoms with Crippen LogP contribution in [0.2, 0.25) is 0 Å². The zero-order valence-electron chi connectivity index (χ0n) is 5.18. The maximum absolute atomic E-state index is 9.99. The van der Waals surface area contributed by atoms with Gasteiger partial charge in [0.2, 0.25) is 12.0 Å². The first-order chi connectivity index (χ1) is 5.24. The highest BCUT2D eigenvalue weighted by molar-refractivity contribution is 5.44. The summed E-state index contributed by atoms with van der Waals surface area (Å²) in [6.07, 6.45) is 1.19. The number of furan rings is 1. The number of hydrogen-bond donors (Lipinski definition) is 0. The van der Waals surface area contributed by atoms with E-state index in [4.69, 9.17) is 0 Å². The monoisotopic (exact) mass is 154 g/mol. The van der Waals surface area contributed by atoms with Gasteiger partial charge in [0.25, 0.3) is 0 Å². The minimum Gasteiger partial charge on any atom is -0.381 e. The minimum absolute atomic E-state index is 0.119. The standard InChI is InChI=1S/C5H2N2O4/c8-3-6-4-1-2-5(11-4)7(9)10/h1-2H. The molecular weight excluding hydrogens is 152 g/mol. The van der Waals surface area contributed by atoms with E-state index in [1.165, 1.54) is 12.1 Å². The maximum Gasteiger partial charge on any atom is 0.434 e. The SMILES string of the molecule is O=C=Nc1ccc([N+](=O)[O-])o1. The Bertz CT molecular complexity index is 306. The van der Waals surface area contributed by atoms with Crippen LogP contribution >= 0.6 is 0 Å². The molecule has 0 aliphatic rings. The second-order valence-corrected chi connectivity index (χ2v) is 1.57. The van der Waals surface area contributed by atoms with Crippen molar-refractivity contribution in [1.29, 1.82) is 0 Å². The number of aliphatic imine (C=N–C) groups is 1. The minimum atomic E-state index is -0.718. The molecule has 0 fully saturated rings. The van der Waals surface area contributed by atoms with Crippen LogP contribution in [0.15, 0.2) is 21.5 Å². The Morgan fingerprint density at radius 3 is 2.82 bits per heavy atom. The van der Waals surface area contributed by atoms with Crippen molar-refractivity contribution in [1.82, 2.24) is 0 Å². The smallest absolute Gasteiger partial charge is 0.381 e. The number of rotatable bonds is 2. The molecule has 1 aromatic rings. The molecule has 0 atom stereocenters. The van der Waals surface area contributed by atoms with Crippen LogP contribution in [0.3, 0.4) is 0 Å². The Morgan fingerprint density at radius 2 is 2.36 bits per heavy atom. The number of nitrogens with zero attached hydrogens (tertiary/aromatic N) is 2. The molecule has 11 heavy (non-hydrogen) atoms. The third kappa shape index (κ3) is 1.50. The Labute approximate surface area is 60.3 Å². The quantitative estimate of drug-likeness (QED) is 0.276. The summed E-state index contributed by atoms with van der Waals surface area (Å²) in [5.41, 5.74) is 0. The fraction of sp³-hybridized carbons (Fsp3) is 0. The van der Waals surface area contributed by atoms with E-state index < -0.39 is 10.8 Å². The molecule has 0 saturated heterocycles. The van der Waals surface area contributed by atoms with Gasteiger partial charge in [-0.2, -0.15) is 0 Å². The third-order valence-corrected chi connectivity index (χ3v) is 0.913. The highest BCUT2D eigenvalue weighted by atomic mass is 16.6. The molecule has 0 unspecified atom stereocenters. The summed E-state index contributed by atoms with van der Waals surface area (Å²) in [7, 11) is 0. The van der Waals surface area contributed by atoms with E-state index >= 15 is 0 Å². The van der Waals surface area contributed by atoms with Crippen molar-refractivity contribution in [3.05, 3.63) is 22.2 Å². The van der Waals surface area contributed by atoms with E-state index in [1.54, 1.807) is 0 Å². The normalized spacial score (nSPS) is 8.73. The van der Waals surface area contributed by atoms with E-state index in [2.05, 4.69) is 9.41 Å². The molecule has 0 bridgehead atoms. The largest absolute Gasteiger partial charge is 0.434 e. The van der Waals surface area contributed by atoms with Gasteiger partial charge >= 0.3 is 5.88 Å². The molecule has 0 aliphatic carbocycles. The first kappa shape index (κ1) is 7.17. The molecule has 0 aromatic carbocycles. The fourth-order valence-corrected chi connectivity index (χ4v) is 0.521. The maximum atomic E-state index is 9.99. The number of hydrogen-bond acceptors (Lipinski definition) is 5. The lowest BCUT2D eigenvalue weighted by molar-refractivity contribution is -0.401. The lowest BCUT2D eigenvalue weighted by Gasteiger charge is -1.79. The van der Waals surface area contributed by atoms with Crippen molar-refractivity contribution in [2.45, 2.75) is 0 Å². The summed E-state index contributed by atoms with van der Waals surface area (Å²) in [6.45, 7) is 0. The topological polar surface area (TPSA) is 85.7 Å². The van der Waals surface area contributed by atoms with Gasteiger partial charge in [-0.25, -0.2) is 4.79 Å². The second-order valence-electron chi connectivity index (χ2n) is 1.57. The van der Waals surface area contributed by atoms with Crippen LogP contribution in [0.5, 0.6) is 0 Å². The first-order valence-corrected chi connectivity index (χ1v) is 2.56. The molecule has 6 nitrogen and oxygen atoms in total. The molecule has 1 aromatic heterocycles. The molecule has 1 heterocycles. The Morgan fingerprint density at radius 1 is 1.64 bits per heavy atom. The van der Waals surface area contributed by atoms with Crippen molar-refractivity contribution in [2.24, 2.45) is 4.99 Å². The molecule has 6 heteroatoms. The van der Waals surface area contributed by atoms with Crippen molar-refractivity contribution < 1.29 is 14.1 Å². The van der Waals surface area contributed by atoms with E-state index in [9.17, 15) is 14.9 Å². The van der Waals surface area contributed by atoms with Gasteiger partial charge in [-0.1, -0.05) is 0 Å². The molecule has 0 amide bonds. The molecule has 0 spiro atoms. The number of carbonyl (C=O) groups excluding carboxylic acids is 1. The highest BCUT2D eigenvalue weighted by Crippen LogP contribution is 2.21. The zero-order chi connectivity index (χ0) is 8.27. The fourth-order valence-electron chi connectivity index (χ4n) is 0.521. The molecule has 0 radical (unpaired) electrons. The van der Waals surface area contributed by atoms with Crippen LogP contribution in [0.1, 0.15) is 0 Å². The van der Waals surface area contributed by atoms with Gasteiger partial charge in [-0.05, 0) is 0 Å². The Balaban J connectivity index is 2.99. The molecule has 0 aliphatic heterocycles. The molecule has 0 saturated carbocycles. The van der Waals surface area contributed by atoms with Gasteiger partial charge in [0.15, 0.2) is 0 Å². The van der Waals surface area contributed by atoms with Gasteiger partial charge in [-0.3, -0.25) is 10.1 Å². The van der Waals surface area contributed by atoms with Crippen LogP contribution in [0.25, 0.3) is 0 Å². The van der Waals surface area contributed by atoms with Crippen molar-refractivity contribution in [3.8, 4) is 0 Å². The summed E-state index contributed by atoms with van der Waals surface area (Å²) in [4.78, 5) is 21.9. The van der Waals surface area contributed by atoms with E-state index in [0.29, 0.717) is 0 Å². The van der Waals surface area contributed by atoms with Gasteiger partial charge in [0, 0.05) is 6.07 Å². The molecule has 56 valence electrons. The first-order valence-electron chi connectivity index (χ1n) is 2.56. The zero-order valence-corrected chi connectivity index (χ0v) is 5.18. The van der Waals surface area contributed by atoms with Crippen molar-refractivity contribution in [2.75, 3.05) is 0 Å².